The van der Waals surface area contributed by atoms with Crippen LogP contribution in [-0.4, -0.2) is 6.61 Å². The maximum atomic E-state index is 6.71. The third kappa shape index (κ3) is 3.36. The van der Waals surface area contributed by atoms with Gasteiger partial charge in [0.05, 0.1) is 12.0 Å². The molecule has 2 aromatic carbocycles. The first-order chi connectivity index (χ1) is 9.52. The van der Waals surface area contributed by atoms with Gasteiger partial charge in [-0.25, -0.2) is 0 Å². The summed E-state index contributed by atoms with van der Waals surface area (Å²) in [6.07, 6.45) is 0. The molecule has 1 nitrogen and oxygen atoms in total. The third-order valence-electron chi connectivity index (χ3n) is 3.16. The molecule has 0 N–H and O–H groups in total. The number of aryl methyl sites for hydroxylation is 2. The summed E-state index contributed by atoms with van der Waals surface area (Å²) in [5, 5.41) is -0.231. The van der Waals surface area contributed by atoms with Crippen molar-refractivity contribution in [2.45, 2.75) is 26.1 Å². The SMILES string of the molecule is CCOc1ccc(C)cc1C(Cl)c1cc(C)ccc1Br. The molecule has 0 aliphatic rings. The Morgan fingerprint density at radius 3 is 2.30 bits per heavy atom. The Kier molecular flexibility index (Phi) is 5.11. The van der Waals surface area contributed by atoms with Crippen LogP contribution in [0.2, 0.25) is 0 Å². The van der Waals surface area contributed by atoms with Crippen LogP contribution in [-0.2, 0) is 0 Å². The lowest BCUT2D eigenvalue weighted by Gasteiger charge is -2.18. The molecule has 1 unspecified atom stereocenters. The topological polar surface area (TPSA) is 9.23 Å². The lowest BCUT2D eigenvalue weighted by molar-refractivity contribution is 0.337. The highest BCUT2D eigenvalue weighted by Crippen LogP contribution is 2.39. The summed E-state index contributed by atoms with van der Waals surface area (Å²) in [6.45, 7) is 6.75. The average Bonchev–Trinajstić information content (AvgIpc) is 2.43. The Hall–Kier alpha value is -0.990. The number of alkyl halides is 1. The minimum absolute atomic E-state index is 0.231. The maximum Gasteiger partial charge on any atom is 0.124 e. The van der Waals surface area contributed by atoms with Gasteiger partial charge in [-0.3, -0.25) is 0 Å². The monoisotopic (exact) mass is 352 g/mol. The Labute approximate surface area is 134 Å². The molecular formula is C17H18BrClO. The van der Waals surface area contributed by atoms with E-state index in [1.165, 1.54) is 11.1 Å². The number of halogens is 2. The smallest absolute Gasteiger partial charge is 0.124 e. The Bertz CT molecular complexity index is 610. The molecule has 20 heavy (non-hydrogen) atoms. The van der Waals surface area contributed by atoms with Gasteiger partial charge in [-0.1, -0.05) is 51.3 Å². The van der Waals surface area contributed by atoms with Gasteiger partial charge in [0.25, 0.3) is 0 Å². The fourth-order valence-electron chi connectivity index (χ4n) is 2.18. The zero-order valence-electron chi connectivity index (χ0n) is 11.9. The Morgan fingerprint density at radius 1 is 1.05 bits per heavy atom. The van der Waals surface area contributed by atoms with Crippen LogP contribution in [0.1, 0.15) is 34.6 Å². The first-order valence-electron chi connectivity index (χ1n) is 6.66. The number of hydrogen-bond acceptors (Lipinski definition) is 1. The molecule has 2 aromatic rings. The average molecular weight is 354 g/mol. The van der Waals surface area contributed by atoms with Crippen molar-refractivity contribution in [1.29, 1.82) is 0 Å². The van der Waals surface area contributed by atoms with Crippen molar-refractivity contribution in [3.05, 3.63) is 63.1 Å². The normalized spacial score (nSPS) is 12.2. The van der Waals surface area contributed by atoms with Crippen LogP contribution < -0.4 is 4.74 Å². The van der Waals surface area contributed by atoms with Crippen LogP contribution in [0, 0.1) is 13.8 Å². The van der Waals surface area contributed by atoms with Gasteiger partial charge in [0, 0.05) is 10.0 Å². The van der Waals surface area contributed by atoms with Gasteiger partial charge in [0.2, 0.25) is 0 Å². The van der Waals surface area contributed by atoms with Gasteiger partial charge >= 0.3 is 0 Å². The zero-order chi connectivity index (χ0) is 14.7. The van der Waals surface area contributed by atoms with Crippen LogP contribution in [0.4, 0.5) is 0 Å². The summed E-state index contributed by atoms with van der Waals surface area (Å²) in [5.74, 6) is 0.853. The molecule has 106 valence electrons. The Morgan fingerprint density at radius 2 is 1.65 bits per heavy atom. The van der Waals surface area contributed by atoms with Crippen molar-refractivity contribution in [1.82, 2.24) is 0 Å². The molecule has 0 bridgehead atoms. The van der Waals surface area contributed by atoms with Crippen LogP contribution in [0.3, 0.4) is 0 Å². The van der Waals surface area contributed by atoms with Crippen LogP contribution in [0.25, 0.3) is 0 Å². The van der Waals surface area contributed by atoms with Gasteiger partial charge in [-0.2, -0.15) is 0 Å². The van der Waals surface area contributed by atoms with Crippen molar-refractivity contribution < 1.29 is 4.74 Å². The van der Waals surface area contributed by atoms with E-state index < -0.39 is 0 Å². The second kappa shape index (κ2) is 6.64. The molecule has 0 saturated heterocycles. The van der Waals surface area contributed by atoms with Gasteiger partial charge in [0.15, 0.2) is 0 Å². The minimum atomic E-state index is -0.231. The van der Waals surface area contributed by atoms with E-state index in [1.54, 1.807) is 0 Å². The minimum Gasteiger partial charge on any atom is -0.494 e. The van der Waals surface area contributed by atoms with E-state index in [2.05, 4.69) is 48.0 Å². The largest absolute Gasteiger partial charge is 0.494 e. The fourth-order valence-corrected chi connectivity index (χ4v) is 3.14. The number of ether oxygens (including phenoxy) is 1. The lowest BCUT2D eigenvalue weighted by Crippen LogP contribution is -2.01. The van der Waals surface area contributed by atoms with E-state index in [0.29, 0.717) is 6.61 Å². The first kappa shape index (κ1) is 15.4. The molecule has 0 aliphatic carbocycles. The van der Waals surface area contributed by atoms with E-state index in [-0.39, 0.29) is 5.38 Å². The van der Waals surface area contributed by atoms with Crippen molar-refractivity contribution in [3.8, 4) is 5.75 Å². The second-order valence-electron chi connectivity index (χ2n) is 4.86. The summed E-state index contributed by atoms with van der Waals surface area (Å²) < 4.78 is 6.73. The summed E-state index contributed by atoms with van der Waals surface area (Å²) in [4.78, 5) is 0. The van der Waals surface area contributed by atoms with Crippen molar-refractivity contribution in [2.24, 2.45) is 0 Å². The van der Waals surface area contributed by atoms with E-state index in [4.69, 9.17) is 16.3 Å². The highest BCUT2D eigenvalue weighted by atomic mass is 79.9. The van der Waals surface area contributed by atoms with Gasteiger partial charge in [-0.15, -0.1) is 11.6 Å². The predicted molar refractivity (Wildman–Crippen MR) is 88.9 cm³/mol. The molecule has 0 heterocycles. The molecule has 0 aliphatic heterocycles. The molecule has 0 radical (unpaired) electrons. The predicted octanol–water partition coefficient (Wildman–Crippen LogP) is 5.79. The molecule has 0 fully saturated rings. The van der Waals surface area contributed by atoms with E-state index >= 15 is 0 Å². The summed E-state index contributed by atoms with van der Waals surface area (Å²) in [5.41, 5.74) is 4.45. The second-order valence-corrected chi connectivity index (χ2v) is 6.15. The van der Waals surface area contributed by atoms with E-state index in [1.807, 2.05) is 25.1 Å². The lowest BCUT2D eigenvalue weighted by atomic mass is 10.00. The van der Waals surface area contributed by atoms with Crippen molar-refractivity contribution in [2.75, 3.05) is 6.61 Å². The summed E-state index contributed by atoms with van der Waals surface area (Å²) in [7, 11) is 0. The van der Waals surface area contributed by atoms with Gasteiger partial charge in [0.1, 0.15) is 5.75 Å². The third-order valence-corrected chi connectivity index (χ3v) is 4.36. The fraction of sp³-hybridized carbons (Fsp3) is 0.294. The van der Waals surface area contributed by atoms with Crippen molar-refractivity contribution >= 4 is 27.5 Å². The molecule has 0 saturated carbocycles. The van der Waals surface area contributed by atoms with Crippen LogP contribution in [0.15, 0.2) is 40.9 Å². The maximum absolute atomic E-state index is 6.71. The summed E-state index contributed by atoms with van der Waals surface area (Å²) in [6, 6.07) is 12.3. The number of benzene rings is 2. The highest BCUT2D eigenvalue weighted by Gasteiger charge is 2.18. The molecule has 2 rings (SSSR count). The molecule has 1 atom stereocenters. The number of hydrogen-bond donors (Lipinski definition) is 0. The van der Waals surface area contributed by atoms with Crippen LogP contribution in [0.5, 0.6) is 5.75 Å². The molecular weight excluding hydrogens is 336 g/mol. The van der Waals surface area contributed by atoms with Gasteiger partial charge < -0.3 is 4.74 Å². The molecule has 0 aromatic heterocycles. The van der Waals surface area contributed by atoms with Crippen LogP contribution >= 0.6 is 27.5 Å². The zero-order valence-corrected chi connectivity index (χ0v) is 14.3. The standard InChI is InChI=1S/C17H18BrClO/c1-4-20-16-8-6-12(3)10-14(16)17(19)13-9-11(2)5-7-15(13)18/h5-10,17H,4H2,1-3H3. The first-order valence-corrected chi connectivity index (χ1v) is 7.89. The highest BCUT2D eigenvalue weighted by molar-refractivity contribution is 9.10. The Balaban J connectivity index is 2.49. The summed E-state index contributed by atoms with van der Waals surface area (Å²) >= 11 is 10.3. The van der Waals surface area contributed by atoms with Crippen molar-refractivity contribution in [3.63, 3.8) is 0 Å². The van der Waals surface area contributed by atoms with Gasteiger partial charge in [-0.05, 0) is 38.5 Å². The molecule has 3 heteroatoms. The quantitative estimate of drug-likeness (QED) is 0.632. The van der Waals surface area contributed by atoms with E-state index in [0.717, 1.165) is 21.3 Å². The molecule has 0 amide bonds. The molecule has 0 spiro atoms. The van der Waals surface area contributed by atoms with E-state index in [9.17, 15) is 0 Å². The number of rotatable bonds is 4.